The van der Waals surface area contributed by atoms with Gasteiger partial charge in [-0.15, -0.1) is 0 Å². The van der Waals surface area contributed by atoms with Gasteiger partial charge in [0.2, 0.25) is 0 Å². The van der Waals surface area contributed by atoms with E-state index in [2.05, 4.69) is 56.3 Å². The van der Waals surface area contributed by atoms with E-state index in [4.69, 9.17) is 34.9 Å². The van der Waals surface area contributed by atoms with E-state index >= 15 is 0 Å². The van der Waals surface area contributed by atoms with Gasteiger partial charge in [0.15, 0.2) is 29.1 Å². The van der Waals surface area contributed by atoms with Crippen LogP contribution in [0.4, 0.5) is 0 Å². The van der Waals surface area contributed by atoms with Crippen molar-refractivity contribution in [3.63, 3.8) is 0 Å². The minimum atomic E-state index is 0.426. The van der Waals surface area contributed by atoms with Gasteiger partial charge in [0.1, 0.15) is 0 Å². The Morgan fingerprint density at radius 3 is 0.700 bits per heavy atom. The van der Waals surface area contributed by atoms with Gasteiger partial charge in [-0.25, -0.2) is 34.9 Å². The zero-order valence-electron chi connectivity index (χ0n) is 31.8. The van der Waals surface area contributed by atoms with Gasteiger partial charge >= 0.3 is 0 Å². The quantitative estimate of drug-likeness (QED) is 0.138. The van der Waals surface area contributed by atoms with Crippen LogP contribution in [0.3, 0.4) is 0 Å². The summed E-state index contributed by atoms with van der Waals surface area (Å²) in [5.41, 5.74) is 10.5. The van der Waals surface area contributed by atoms with Crippen molar-refractivity contribution in [2.75, 3.05) is 0 Å². The van der Waals surface area contributed by atoms with Crippen molar-refractivity contribution in [1.82, 2.24) is 54.8 Å². The van der Waals surface area contributed by atoms with Crippen molar-refractivity contribution in [3.05, 3.63) is 189 Å². The van der Waals surface area contributed by atoms with Crippen LogP contribution < -0.4 is 0 Å². The molecule has 0 saturated carbocycles. The Bertz CT molecular complexity index is 2550. The average molecular weight is 774 g/mol. The van der Waals surface area contributed by atoms with Crippen LogP contribution in [0.1, 0.15) is 0 Å². The maximum absolute atomic E-state index is 5.25. The van der Waals surface area contributed by atoms with E-state index in [1.807, 2.05) is 91.0 Å². The molecule has 10 aromatic rings. The summed E-state index contributed by atoms with van der Waals surface area (Å²) < 4.78 is 0. The highest BCUT2D eigenvalue weighted by atomic mass is 15.0. The van der Waals surface area contributed by atoms with Gasteiger partial charge in [0, 0.05) is 99.6 Å². The molecule has 282 valence electrons. The molecule has 0 unspecified atom stereocenters. The lowest BCUT2D eigenvalue weighted by Gasteiger charge is -2.14. The standard InChI is InChI=1S/C49H31N11/c1-5-15-50-41(11-1)32-23-33(42-12-2-6-16-51-42)26-38(25-32)47-58-48(39-27-34(43-13-3-7-17-52-43)24-35(28-39)44-14-4-8-18-53-44)60-49(59-47)40-30-36(45-54-19-9-20-55-45)29-37(31-40)46-56-21-10-22-57-46/h1-31H. The van der Waals surface area contributed by atoms with Crippen LogP contribution in [0.5, 0.6) is 0 Å². The Labute approximate surface area is 344 Å². The molecule has 0 saturated heterocycles. The molecular formula is C49H31N11. The zero-order chi connectivity index (χ0) is 40.1. The molecule has 0 bridgehead atoms. The van der Waals surface area contributed by atoms with Gasteiger partial charge in [-0.05, 0) is 115 Å². The lowest BCUT2D eigenvalue weighted by molar-refractivity contribution is 1.07. The van der Waals surface area contributed by atoms with E-state index < -0.39 is 0 Å². The first-order valence-corrected chi connectivity index (χ1v) is 19.1. The molecule has 3 aromatic carbocycles. The second kappa shape index (κ2) is 16.1. The summed E-state index contributed by atoms with van der Waals surface area (Å²) in [6.07, 6.45) is 14.0. The van der Waals surface area contributed by atoms with Crippen LogP contribution in [-0.4, -0.2) is 54.8 Å². The van der Waals surface area contributed by atoms with Crippen LogP contribution in [0, 0.1) is 0 Å². The third kappa shape index (κ3) is 7.61. The average Bonchev–Trinajstić information content (AvgIpc) is 3.35. The molecule has 0 aliphatic heterocycles. The van der Waals surface area contributed by atoms with Crippen LogP contribution >= 0.6 is 0 Å². The monoisotopic (exact) mass is 773 g/mol. The number of hydrogen-bond donors (Lipinski definition) is 0. The van der Waals surface area contributed by atoms with Crippen LogP contribution in [0.25, 0.3) is 102 Å². The van der Waals surface area contributed by atoms with Crippen molar-refractivity contribution in [1.29, 1.82) is 0 Å². The molecule has 0 N–H and O–H groups in total. The molecule has 11 heteroatoms. The fourth-order valence-corrected chi connectivity index (χ4v) is 6.91. The first-order chi connectivity index (χ1) is 29.7. The van der Waals surface area contributed by atoms with Gasteiger partial charge in [-0.3, -0.25) is 19.9 Å². The van der Waals surface area contributed by atoms with Crippen molar-refractivity contribution in [2.24, 2.45) is 0 Å². The summed E-state index contributed by atoms with van der Waals surface area (Å²) in [6, 6.07) is 45.3. The Kier molecular flexibility index (Phi) is 9.62. The summed E-state index contributed by atoms with van der Waals surface area (Å²) in [4.78, 5) is 52.8. The minimum Gasteiger partial charge on any atom is -0.256 e. The van der Waals surface area contributed by atoms with Gasteiger partial charge in [0.05, 0.1) is 22.8 Å². The molecule has 10 rings (SSSR count). The van der Waals surface area contributed by atoms with E-state index in [0.717, 1.165) is 67.3 Å². The summed E-state index contributed by atoms with van der Waals surface area (Å²) in [7, 11) is 0. The second-order valence-electron chi connectivity index (χ2n) is 13.7. The third-order valence-corrected chi connectivity index (χ3v) is 9.70. The number of nitrogens with zero attached hydrogens (tertiary/aromatic N) is 11. The second-order valence-corrected chi connectivity index (χ2v) is 13.7. The molecule has 0 amide bonds. The molecule has 0 atom stereocenters. The highest BCUT2D eigenvalue weighted by Gasteiger charge is 2.19. The molecule has 7 aromatic heterocycles. The van der Waals surface area contributed by atoms with Gasteiger partial charge in [-0.2, -0.15) is 0 Å². The Morgan fingerprint density at radius 1 is 0.200 bits per heavy atom. The largest absolute Gasteiger partial charge is 0.256 e. The SMILES string of the molecule is c1ccc(-c2cc(-c3ccccn3)cc(-c3nc(-c4cc(-c5ccccn5)cc(-c5ccccn5)c4)nc(-c4cc(-c5ncccn5)cc(-c5ncccn5)c4)n3)c2)nc1. The normalized spacial score (nSPS) is 11.0. The predicted octanol–water partition coefficient (Wildman–Crippen LogP) is 10.0. The topological polar surface area (TPSA) is 142 Å². The minimum absolute atomic E-state index is 0.426. The van der Waals surface area contributed by atoms with Crippen molar-refractivity contribution in [3.8, 4) is 102 Å². The smallest absolute Gasteiger partial charge is 0.164 e. The van der Waals surface area contributed by atoms with E-state index in [-0.39, 0.29) is 0 Å². The molecule has 0 aliphatic carbocycles. The number of aromatic nitrogens is 11. The van der Waals surface area contributed by atoms with Crippen LogP contribution in [0.2, 0.25) is 0 Å². The van der Waals surface area contributed by atoms with Gasteiger partial charge < -0.3 is 0 Å². The maximum atomic E-state index is 5.25. The number of benzene rings is 3. The highest BCUT2D eigenvalue weighted by Crippen LogP contribution is 2.36. The Morgan fingerprint density at radius 2 is 0.433 bits per heavy atom. The first-order valence-electron chi connectivity index (χ1n) is 19.1. The van der Waals surface area contributed by atoms with E-state index in [1.54, 1.807) is 61.7 Å². The van der Waals surface area contributed by atoms with Crippen molar-refractivity contribution < 1.29 is 0 Å². The Hall–Kier alpha value is -8.57. The van der Waals surface area contributed by atoms with E-state index in [1.165, 1.54) is 0 Å². The predicted molar refractivity (Wildman–Crippen MR) is 231 cm³/mol. The lowest BCUT2D eigenvalue weighted by Crippen LogP contribution is -2.02. The summed E-state index contributed by atoms with van der Waals surface area (Å²) in [6.45, 7) is 0. The van der Waals surface area contributed by atoms with Crippen molar-refractivity contribution in [2.45, 2.75) is 0 Å². The lowest BCUT2D eigenvalue weighted by atomic mass is 9.99. The summed E-state index contributed by atoms with van der Waals surface area (Å²) >= 11 is 0. The molecule has 0 fully saturated rings. The zero-order valence-corrected chi connectivity index (χ0v) is 31.8. The maximum Gasteiger partial charge on any atom is 0.164 e. The number of pyridine rings is 4. The molecule has 0 aliphatic rings. The Balaban J connectivity index is 1.24. The third-order valence-electron chi connectivity index (χ3n) is 9.70. The van der Waals surface area contributed by atoms with Crippen LogP contribution in [-0.2, 0) is 0 Å². The fraction of sp³-hybridized carbons (Fsp3) is 0. The van der Waals surface area contributed by atoms with E-state index in [9.17, 15) is 0 Å². The fourth-order valence-electron chi connectivity index (χ4n) is 6.91. The molecule has 11 nitrogen and oxygen atoms in total. The van der Waals surface area contributed by atoms with Crippen LogP contribution in [0.15, 0.2) is 189 Å². The molecule has 60 heavy (non-hydrogen) atoms. The van der Waals surface area contributed by atoms with Gasteiger partial charge in [-0.1, -0.05) is 24.3 Å². The molecule has 0 radical (unpaired) electrons. The highest BCUT2D eigenvalue weighted by molar-refractivity contribution is 5.82. The van der Waals surface area contributed by atoms with Gasteiger partial charge in [0.25, 0.3) is 0 Å². The molecule has 7 heterocycles. The number of rotatable bonds is 9. The van der Waals surface area contributed by atoms with E-state index in [0.29, 0.717) is 34.7 Å². The molecule has 0 spiro atoms. The summed E-state index contributed by atoms with van der Waals surface area (Å²) in [5, 5.41) is 0. The van der Waals surface area contributed by atoms with Crippen molar-refractivity contribution >= 4 is 0 Å². The molecular weight excluding hydrogens is 743 g/mol. The first kappa shape index (κ1) is 35.8. The summed E-state index contributed by atoms with van der Waals surface area (Å²) in [5.74, 6) is 2.41. The number of hydrogen-bond acceptors (Lipinski definition) is 11.